The third-order valence-electron chi connectivity index (χ3n) is 12.2. The first kappa shape index (κ1) is 34.5. The Morgan fingerprint density at radius 1 is 0.656 bits per heavy atom. The number of fused-ring (bicyclic) bond motifs is 1. The van der Waals surface area contributed by atoms with Crippen LogP contribution in [0.25, 0.3) is 72.7 Å². The molecular formula is C57H57N3O. The number of phenols is 1. The molecule has 1 N–H and O–H groups in total. The lowest BCUT2D eigenvalue weighted by Crippen LogP contribution is -2.12. The molecule has 1 fully saturated rings. The van der Waals surface area contributed by atoms with Crippen LogP contribution in [-0.2, 0) is 17.2 Å². The van der Waals surface area contributed by atoms with Gasteiger partial charge in [0, 0.05) is 29.7 Å². The molecule has 0 radical (unpaired) electrons. The van der Waals surface area contributed by atoms with Gasteiger partial charge in [0.25, 0.3) is 0 Å². The molecular weight excluding hydrogens is 743 g/mol. The van der Waals surface area contributed by atoms with E-state index in [1.54, 1.807) is 18.3 Å². The average molecular weight is 805 g/mol. The molecule has 1 aliphatic carbocycles. The van der Waals surface area contributed by atoms with Crippen LogP contribution < -0.4 is 0 Å². The van der Waals surface area contributed by atoms with Crippen molar-refractivity contribution >= 4 is 11.0 Å². The maximum atomic E-state index is 12.2. The largest absolute Gasteiger partial charge is 0.507 e. The Kier molecular flexibility index (Phi) is 9.02. The Morgan fingerprint density at radius 3 is 2.13 bits per heavy atom. The number of hydrogen-bond donors (Lipinski definition) is 1. The molecule has 0 bridgehead atoms. The van der Waals surface area contributed by atoms with Gasteiger partial charge in [0.05, 0.1) is 28.0 Å². The molecule has 9 rings (SSSR count). The van der Waals surface area contributed by atoms with Crippen molar-refractivity contribution in [1.82, 2.24) is 14.5 Å². The van der Waals surface area contributed by atoms with E-state index in [1.807, 2.05) is 72.8 Å². The molecule has 1 saturated carbocycles. The first-order valence-corrected chi connectivity index (χ1v) is 21.6. The lowest BCUT2D eigenvalue weighted by molar-refractivity contribution is 0.448. The predicted molar refractivity (Wildman–Crippen MR) is 256 cm³/mol. The summed E-state index contributed by atoms with van der Waals surface area (Å²) in [5.41, 5.74) is 12.6. The van der Waals surface area contributed by atoms with Gasteiger partial charge in [-0.3, -0.25) is 9.55 Å². The molecule has 61 heavy (non-hydrogen) atoms. The van der Waals surface area contributed by atoms with Crippen LogP contribution in [0.3, 0.4) is 0 Å². The number of phenolic OH excluding ortho intramolecular Hbond substituents is 1. The lowest BCUT2D eigenvalue weighted by Gasteiger charge is -2.22. The van der Waals surface area contributed by atoms with Gasteiger partial charge in [-0.05, 0) is 117 Å². The Balaban J connectivity index is 1.28. The topological polar surface area (TPSA) is 50.9 Å². The molecule has 0 unspecified atom stereocenters. The zero-order chi connectivity index (χ0) is 46.8. The summed E-state index contributed by atoms with van der Waals surface area (Å²) in [6.07, 6.45) is 4.14. The second kappa shape index (κ2) is 16.0. The lowest BCUT2D eigenvalue weighted by atomic mass is 9.83. The van der Waals surface area contributed by atoms with Crippen molar-refractivity contribution in [3.05, 3.63) is 168 Å². The van der Waals surface area contributed by atoms with E-state index < -0.39 is 13.2 Å². The van der Waals surface area contributed by atoms with Gasteiger partial charge in [0.15, 0.2) is 0 Å². The molecule has 0 amide bonds. The van der Waals surface area contributed by atoms with Gasteiger partial charge in [-0.15, -0.1) is 0 Å². The van der Waals surface area contributed by atoms with Crippen LogP contribution >= 0.6 is 0 Å². The van der Waals surface area contributed by atoms with E-state index in [1.165, 1.54) is 0 Å². The second-order valence-corrected chi connectivity index (χ2v) is 18.7. The van der Waals surface area contributed by atoms with Crippen LogP contribution in [0.2, 0.25) is 0 Å². The van der Waals surface area contributed by atoms with Gasteiger partial charge in [-0.25, -0.2) is 4.98 Å². The predicted octanol–water partition coefficient (Wildman–Crippen LogP) is 15.1. The molecule has 4 heteroatoms. The summed E-state index contributed by atoms with van der Waals surface area (Å²) in [7, 11) is 0. The van der Waals surface area contributed by atoms with E-state index >= 15 is 0 Å². The number of pyridine rings is 1. The quantitative estimate of drug-likeness (QED) is 0.166. The van der Waals surface area contributed by atoms with Gasteiger partial charge in [0.2, 0.25) is 0 Å². The highest BCUT2D eigenvalue weighted by Crippen LogP contribution is 2.44. The number of benzene rings is 6. The third kappa shape index (κ3) is 8.04. The molecule has 0 saturated heterocycles. The van der Waals surface area contributed by atoms with E-state index in [0.29, 0.717) is 22.5 Å². The minimum atomic E-state index is -2.18. The van der Waals surface area contributed by atoms with Crippen LogP contribution in [0.5, 0.6) is 5.75 Å². The number of aromatic hydroxyl groups is 1. The fourth-order valence-corrected chi connectivity index (χ4v) is 8.86. The van der Waals surface area contributed by atoms with Crippen LogP contribution in [-0.4, -0.2) is 19.6 Å². The van der Waals surface area contributed by atoms with Crippen molar-refractivity contribution in [2.45, 2.75) is 91.3 Å². The van der Waals surface area contributed by atoms with Crippen molar-refractivity contribution in [2.24, 2.45) is 5.92 Å². The number of nitrogens with zero attached hydrogens (tertiary/aromatic N) is 3. The molecule has 1 aliphatic rings. The van der Waals surface area contributed by atoms with Crippen LogP contribution in [0.4, 0.5) is 0 Å². The minimum absolute atomic E-state index is 0.0439. The van der Waals surface area contributed by atoms with Crippen molar-refractivity contribution in [3.63, 3.8) is 0 Å². The standard InChI is InChI=1S/C57H57N3O/c1-37-23-26-40(27-24-37)42-29-30-58-50(36-42)44-33-43(34-45(35-44)56(2,3)4)46-19-14-22-52-53(46)59-55(47-20-13-21-49(54(47)61)57(5,6)7)60(52)51-28-25-39(31-38-15-11-12-16-38)32-48(51)41-17-9-8-10-18-41/h8-10,13-14,17-30,32-36,38,61H,11-12,15-16,31H2,1-7H3/i1D3,31D2. The van der Waals surface area contributed by atoms with Gasteiger partial charge in [0.1, 0.15) is 11.6 Å². The van der Waals surface area contributed by atoms with Gasteiger partial charge >= 0.3 is 0 Å². The van der Waals surface area contributed by atoms with Gasteiger partial charge in [-0.1, -0.05) is 164 Å². The summed E-state index contributed by atoms with van der Waals surface area (Å²) < 4.78 is 44.5. The molecule has 0 aliphatic heterocycles. The van der Waals surface area contributed by atoms with Gasteiger partial charge in [-0.2, -0.15) is 0 Å². The van der Waals surface area contributed by atoms with E-state index in [2.05, 4.69) is 101 Å². The molecule has 0 spiro atoms. The van der Waals surface area contributed by atoms with E-state index in [0.717, 1.165) is 98.2 Å². The summed E-state index contributed by atoms with van der Waals surface area (Å²) >= 11 is 0. The summed E-state index contributed by atoms with van der Waals surface area (Å²) in [5, 5.41) is 12.2. The monoisotopic (exact) mass is 804 g/mol. The Morgan fingerprint density at radius 2 is 1.39 bits per heavy atom. The minimum Gasteiger partial charge on any atom is -0.507 e. The smallest absolute Gasteiger partial charge is 0.149 e. The van der Waals surface area contributed by atoms with Crippen LogP contribution in [0, 0.1) is 12.8 Å². The van der Waals surface area contributed by atoms with Crippen molar-refractivity contribution in [1.29, 1.82) is 0 Å². The first-order valence-electron chi connectivity index (χ1n) is 24.1. The first-order chi connectivity index (χ1) is 31.3. The van der Waals surface area contributed by atoms with Gasteiger partial charge < -0.3 is 5.11 Å². The van der Waals surface area contributed by atoms with Crippen LogP contribution in [0.15, 0.2) is 146 Å². The Bertz CT molecular complexity index is 3080. The highest BCUT2D eigenvalue weighted by Gasteiger charge is 2.27. The molecule has 8 aromatic rings. The van der Waals surface area contributed by atoms with Crippen molar-refractivity contribution in [3.8, 4) is 67.5 Å². The number of imidazole rings is 1. The maximum absolute atomic E-state index is 12.2. The third-order valence-corrected chi connectivity index (χ3v) is 12.2. The second-order valence-electron chi connectivity index (χ2n) is 18.7. The Labute approximate surface area is 369 Å². The number of rotatable bonds is 8. The number of para-hydroxylation sites is 2. The summed E-state index contributed by atoms with van der Waals surface area (Å²) in [6.45, 7) is 10.7. The summed E-state index contributed by atoms with van der Waals surface area (Å²) in [6, 6.07) is 46.0. The molecule has 0 atom stereocenters. The normalized spacial score (nSPS) is 15.3. The molecule has 306 valence electrons. The molecule has 6 aromatic carbocycles. The molecule has 4 nitrogen and oxygen atoms in total. The zero-order valence-electron chi connectivity index (χ0n) is 41.1. The summed E-state index contributed by atoms with van der Waals surface area (Å²) in [5.74, 6) is 0.711. The number of aryl methyl sites for hydroxylation is 1. The summed E-state index contributed by atoms with van der Waals surface area (Å²) in [4.78, 5) is 10.4. The maximum Gasteiger partial charge on any atom is 0.149 e. The van der Waals surface area contributed by atoms with Crippen molar-refractivity contribution in [2.75, 3.05) is 0 Å². The highest BCUT2D eigenvalue weighted by atomic mass is 16.3. The Hall–Kier alpha value is -6.26. The fourth-order valence-electron chi connectivity index (χ4n) is 8.86. The molecule has 2 aromatic heterocycles. The van der Waals surface area contributed by atoms with E-state index in [-0.39, 0.29) is 22.5 Å². The number of hydrogen-bond acceptors (Lipinski definition) is 3. The fraction of sp³-hybridized carbons (Fsp3) is 0.263. The van der Waals surface area contributed by atoms with Crippen LogP contribution in [0.1, 0.15) is 96.3 Å². The van der Waals surface area contributed by atoms with Crippen molar-refractivity contribution < 1.29 is 12.0 Å². The number of aromatic nitrogens is 3. The highest BCUT2D eigenvalue weighted by molar-refractivity contribution is 5.98. The SMILES string of the molecule is [2H]C([2H])([2H])c1ccc(-c2ccnc(-c3cc(-c4cccc5c4nc(-c4cccc(C(C)(C)C)c4O)n5-c4ccc(C([2H])([2H])C5CCCC5)cc4-c4ccccc4)cc(C(C)(C)C)c3)c2)cc1. The molecule has 2 heterocycles. The zero-order valence-corrected chi connectivity index (χ0v) is 36.1. The van der Waals surface area contributed by atoms with E-state index in [9.17, 15) is 7.85 Å². The average Bonchev–Trinajstić information content (AvgIpc) is 3.98. The van der Waals surface area contributed by atoms with E-state index in [4.69, 9.17) is 14.1 Å².